The smallest absolute Gasteiger partial charge is 0.416 e. The van der Waals surface area contributed by atoms with E-state index in [-0.39, 0.29) is 0 Å². The van der Waals surface area contributed by atoms with Gasteiger partial charge in [-0.3, -0.25) is 4.89 Å². The molecule has 7 nitrogen and oxygen atoms in total. The molecule has 4 rings (SSSR count). The number of hydrogen-bond donors (Lipinski definition) is 1. The van der Waals surface area contributed by atoms with E-state index >= 15 is 0 Å². The van der Waals surface area contributed by atoms with Crippen molar-refractivity contribution in [3.63, 3.8) is 0 Å². The molecule has 4 aromatic rings. The van der Waals surface area contributed by atoms with E-state index in [1.807, 2.05) is 23.8 Å². The van der Waals surface area contributed by atoms with Crippen LogP contribution in [0.2, 0.25) is 0 Å². The van der Waals surface area contributed by atoms with Gasteiger partial charge >= 0.3 is 12.1 Å². The quantitative estimate of drug-likeness (QED) is 0.162. The molecule has 0 aliphatic rings. The number of rotatable bonds is 11. The number of carbonyl (C=O) groups is 1. The second kappa shape index (κ2) is 12.0. The monoisotopic (exact) mass is 547 g/mol. The number of carbonyl (C=O) groups excluding carboxylic acids is 1. The van der Waals surface area contributed by atoms with E-state index in [0.717, 1.165) is 65.0 Å². The van der Waals surface area contributed by atoms with Gasteiger partial charge in [0.25, 0.3) is 0 Å². The van der Waals surface area contributed by atoms with Crippen molar-refractivity contribution >= 4 is 28.3 Å². The number of halogens is 3. The number of alkyl halides is 3. The number of thiazole rings is 1. The molecule has 1 N–H and O–H groups in total. The lowest BCUT2D eigenvalue weighted by Crippen LogP contribution is -2.14. The number of benzene rings is 1. The van der Waals surface area contributed by atoms with Crippen LogP contribution in [0.25, 0.3) is 21.6 Å². The van der Waals surface area contributed by atoms with Crippen molar-refractivity contribution in [1.82, 2.24) is 14.5 Å². The fraction of sp³-hybridized carbons (Fsp3) is 0.370. The Morgan fingerprint density at radius 3 is 2.53 bits per heavy atom. The van der Waals surface area contributed by atoms with Gasteiger partial charge in [-0.05, 0) is 37.5 Å². The largest absolute Gasteiger partial charge is 0.480 e. The number of unbranched alkanes of at least 4 members (excludes halogenated alkanes) is 1. The average Bonchev–Trinajstić information content (AvgIpc) is 3.50. The van der Waals surface area contributed by atoms with Crippen molar-refractivity contribution < 1.29 is 32.8 Å². The summed E-state index contributed by atoms with van der Waals surface area (Å²) in [6, 6.07) is 7.05. The Hall–Kier alpha value is -3.44. The highest BCUT2D eigenvalue weighted by atomic mass is 32.1. The van der Waals surface area contributed by atoms with E-state index in [4.69, 9.17) is 15.0 Å². The normalized spacial score (nSPS) is 11.7. The SMILES string of the molecule is CCCCc1nc(-c2ccc(C(F)(F)F)cc2)sc1Cn1ccc2c(CCC)c(OCC(=O)OO)cnc21. The van der Waals surface area contributed by atoms with Crippen molar-refractivity contribution in [3.05, 3.63) is 64.4 Å². The highest BCUT2D eigenvalue weighted by Gasteiger charge is 2.30. The van der Waals surface area contributed by atoms with Gasteiger partial charge in [0.15, 0.2) is 6.61 Å². The van der Waals surface area contributed by atoms with Gasteiger partial charge in [0.2, 0.25) is 0 Å². The topological polar surface area (TPSA) is 86.5 Å². The van der Waals surface area contributed by atoms with Crippen LogP contribution in [0.15, 0.2) is 42.7 Å². The van der Waals surface area contributed by atoms with E-state index in [1.54, 1.807) is 6.20 Å². The Kier molecular flexibility index (Phi) is 8.68. The Morgan fingerprint density at radius 1 is 1.11 bits per heavy atom. The lowest BCUT2D eigenvalue weighted by atomic mass is 10.1. The molecule has 11 heteroatoms. The maximum atomic E-state index is 13.0. The van der Waals surface area contributed by atoms with E-state index in [0.29, 0.717) is 29.3 Å². The average molecular weight is 548 g/mol. The summed E-state index contributed by atoms with van der Waals surface area (Å²) in [5.74, 6) is -0.452. The third-order valence-corrected chi connectivity index (χ3v) is 7.26. The molecule has 0 atom stereocenters. The highest BCUT2D eigenvalue weighted by Crippen LogP contribution is 2.35. The van der Waals surface area contributed by atoms with E-state index in [2.05, 4.69) is 16.8 Å². The van der Waals surface area contributed by atoms with Gasteiger partial charge in [-0.25, -0.2) is 14.8 Å². The van der Waals surface area contributed by atoms with Gasteiger partial charge < -0.3 is 9.30 Å². The highest BCUT2D eigenvalue weighted by molar-refractivity contribution is 7.15. The molecule has 1 aromatic carbocycles. The van der Waals surface area contributed by atoms with Crippen LogP contribution in [0.5, 0.6) is 5.75 Å². The molecule has 0 radical (unpaired) electrons. The van der Waals surface area contributed by atoms with Crippen LogP contribution in [0.1, 0.15) is 54.8 Å². The number of hydrogen-bond acceptors (Lipinski definition) is 7. The number of pyridine rings is 1. The van der Waals surface area contributed by atoms with Crippen LogP contribution in [-0.2, 0) is 35.2 Å². The van der Waals surface area contributed by atoms with Crippen LogP contribution < -0.4 is 4.74 Å². The molecule has 38 heavy (non-hydrogen) atoms. The molecule has 202 valence electrons. The maximum absolute atomic E-state index is 13.0. The number of fused-ring (bicyclic) bond motifs is 1. The third-order valence-electron chi connectivity index (χ3n) is 6.13. The zero-order chi connectivity index (χ0) is 27.3. The third kappa shape index (κ3) is 6.16. The zero-order valence-electron chi connectivity index (χ0n) is 21.0. The minimum atomic E-state index is -4.38. The van der Waals surface area contributed by atoms with Gasteiger partial charge in [0.1, 0.15) is 16.4 Å². The molecule has 0 amide bonds. The first-order chi connectivity index (χ1) is 18.2. The number of aryl methyl sites for hydroxylation is 2. The molecule has 0 bridgehead atoms. The molecule has 3 aromatic heterocycles. The van der Waals surface area contributed by atoms with E-state index in [1.165, 1.54) is 23.5 Å². The number of nitrogens with zero attached hydrogens (tertiary/aromatic N) is 3. The van der Waals surface area contributed by atoms with Gasteiger partial charge in [-0.2, -0.15) is 18.4 Å². The lowest BCUT2D eigenvalue weighted by molar-refractivity contribution is -0.236. The fourth-order valence-electron chi connectivity index (χ4n) is 4.22. The second-order valence-corrected chi connectivity index (χ2v) is 9.94. The molecular weight excluding hydrogens is 519 g/mol. The van der Waals surface area contributed by atoms with Gasteiger partial charge in [0, 0.05) is 27.6 Å². The summed E-state index contributed by atoms with van der Waals surface area (Å²) in [4.78, 5) is 25.4. The number of aromatic nitrogens is 3. The molecule has 3 heterocycles. The van der Waals surface area contributed by atoms with Gasteiger partial charge in [-0.1, -0.05) is 38.8 Å². The van der Waals surface area contributed by atoms with Crippen LogP contribution in [-0.4, -0.2) is 32.4 Å². The second-order valence-electron chi connectivity index (χ2n) is 8.85. The van der Waals surface area contributed by atoms with Crippen LogP contribution in [0.3, 0.4) is 0 Å². The predicted octanol–water partition coefficient (Wildman–Crippen LogP) is 6.92. The molecular formula is C27H28F3N3O4S. The Balaban J connectivity index is 1.66. The first-order valence-electron chi connectivity index (χ1n) is 12.3. The molecule has 0 aliphatic carbocycles. The molecule has 0 spiro atoms. The molecule has 0 aliphatic heterocycles. The van der Waals surface area contributed by atoms with Gasteiger partial charge in [0.05, 0.1) is 24.0 Å². The Morgan fingerprint density at radius 2 is 1.87 bits per heavy atom. The maximum Gasteiger partial charge on any atom is 0.416 e. The van der Waals surface area contributed by atoms with Crippen molar-refractivity contribution in [1.29, 1.82) is 0 Å². The summed E-state index contributed by atoms with van der Waals surface area (Å²) in [6.45, 7) is 4.21. The minimum absolute atomic E-state index is 0.435. The molecule has 0 saturated carbocycles. The Bertz CT molecular complexity index is 1400. The predicted molar refractivity (Wildman–Crippen MR) is 138 cm³/mol. The molecule has 0 saturated heterocycles. The Labute approximate surface area is 221 Å². The van der Waals surface area contributed by atoms with Crippen molar-refractivity contribution in [2.75, 3.05) is 6.61 Å². The summed E-state index contributed by atoms with van der Waals surface area (Å²) in [7, 11) is 0. The molecule has 0 fully saturated rings. The van der Waals surface area contributed by atoms with E-state index < -0.39 is 24.3 Å². The summed E-state index contributed by atoms with van der Waals surface area (Å²) in [5, 5.41) is 10.1. The summed E-state index contributed by atoms with van der Waals surface area (Å²) < 4.78 is 46.6. The van der Waals surface area contributed by atoms with Crippen molar-refractivity contribution in [2.45, 2.75) is 58.7 Å². The fourth-order valence-corrected chi connectivity index (χ4v) is 5.34. The molecule has 0 unspecified atom stereocenters. The number of ether oxygens (including phenoxy) is 1. The van der Waals surface area contributed by atoms with E-state index in [9.17, 15) is 18.0 Å². The first kappa shape index (κ1) is 27.6. The lowest BCUT2D eigenvalue weighted by Gasteiger charge is -2.12. The minimum Gasteiger partial charge on any atom is -0.480 e. The van der Waals surface area contributed by atoms with Crippen LogP contribution in [0.4, 0.5) is 13.2 Å². The van der Waals surface area contributed by atoms with Crippen molar-refractivity contribution in [2.24, 2.45) is 0 Å². The summed E-state index contributed by atoms with van der Waals surface area (Å²) in [6.07, 6.45) is 3.38. The first-order valence-corrected chi connectivity index (χ1v) is 13.2. The van der Waals surface area contributed by atoms with Crippen molar-refractivity contribution in [3.8, 4) is 16.3 Å². The summed E-state index contributed by atoms with van der Waals surface area (Å²) >= 11 is 1.47. The van der Waals surface area contributed by atoms with Crippen LogP contribution >= 0.6 is 11.3 Å². The standard InChI is InChI=1S/C27H28F3N3O4S/c1-3-5-7-21-23(38-26(32-21)17-8-10-18(11-9-17)27(28,29)30)15-33-13-12-20-19(6-4-2)22(14-31-25(20)33)36-16-24(34)37-35/h8-14,35H,3-7,15-16H2,1-2H3. The van der Waals surface area contributed by atoms with Crippen LogP contribution in [0, 0.1) is 0 Å². The summed E-state index contributed by atoms with van der Waals surface area (Å²) in [5.41, 5.74) is 2.55. The van der Waals surface area contributed by atoms with Gasteiger partial charge in [-0.15, -0.1) is 11.3 Å². The zero-order valence-corrected chi connectivity index (χ0v) is 21.9.